The molecule has 0 radical (unpaired) electrons. The number of ether oxygens (including phenoxy) is 1. The lowest BCUT2D eigenvalue weighted by molar-refractivity contribution is -0.0885. The van der Waals surface area contributed by atoms with Crippen LogP contribution in [0, 0.1) is 0 Å². The van der Waals surface area contributed by atoms with Gasteiger partial charge < -0.3 is 9.84 Å². The summed E-state index contributed by atoms with van der Waals surface area (Å²) < 4.78 is 41.4. The van der Waals surface area contributed by atoms with Crippen molar-refractivity contribution in [2.45, 2.75) is 13.1 Å². The third kappa shape index (κ3) is 3.03. The molecule has 1 N–H and O–H groups in total. The fourth-order valence-corrected chi connectivity index (χ4v) is 1.34. The van der Waals surface area contributed by atoms with E-state index >= 15 is 0 Å². The van der Waals surface area contributed by atoms with Crippen LogP contribution >= 0.6 is 11.6 Å². The summed E-state index contributed by atoms with van der Waals surface area (Å²) in [5.74, 6) is -2.79. The van der Waals surface area contributed by atoms with Crippen molar-refractivity contribution < 1.29 is 27.8 Å². The van der Waals surface area contributed by atoms with Gasteiger partial charge in [0.1, 0.15) is 0 Å². The summed E-state index contributed by atoms with van der Waals surface area (Å²) in [6.07, 6.45) is -5.00. The summed E-state index contributed by atoms with van der Waals surface area (Å²) in [5.41, 5.74) is -0.677. The van der Waals surface area contributed by atoms with Gasteiger partial charge in [-0.05, 0) is 19.1 Å². The van der Waals surface area contributed by atoms with Gasteiger partial charge >= 0.3 is 6.18 Å². The third-order valence-corrected chi connectivity index (χ3v) is 2.14. The minimum Gasteiger partial charge on any atom is -0.503 e. The second-order valence-electron chi connectivity index (χ2n) is 3.06. The van der Waals surface area contributed by atoms with E-state index in [1.807, 2.05) is 0 Å². The first-order valence-electron chi connectivity index (χ1n) is 4.54. The van der Waals surface area contributed by atoms with E-state index in [1.165, 1.54) is 0 Å². The van der Waals surface area contributed by atoms with Crippen molar-refractivity contribution in [3.8, 4) is 11.5 Å². The van der Waals surface area contributed by atoms with Crippen LogP contribution < -0.4 is 4.74 Å². The first-order chi connectivity index (χ1) is 7.77. The number of rotatable bonds is 3. The molecule has 1 aromatic carbocycles. The number of carbonyl (C=O) groups excluding carboxylic acids is 1. The lowest BCUT2D eigenvalue weighted by atomic mass is 10.1. The Kier molecular flexibility index (Phi) is 3.87. The molecule has 0 fully saturated rings. The van der Waals surface area contributed by atoms with Crippen molar-refractivity contribution in [2.24, 2.45) is 0 Å². The minimum atomic E-state index is -5.00. The van der Waals surface area contributed by atoms with Crippen LogP contribution in [0.3, 0.4) is 0 Å². The second kappa shape index (κ2) is 4.83. The Balaban J connectivity index is 3.23. The fraction of sp³-hybridized carbons (Fsp3) is 0.300. The number of carbonyl (C=O) groups is 1. The van der Waals surface area contributed by atoms with Gasteiger partial charge in [0.2, 0.25) is 0 Å². The number of ketones is 1. The lowest BCUT2D eigenvalue weighted by Gasteiger charge is -2.10. The fourth-order valence-electron chi connectivity index (χ4n) is 1.13. The highest BCUT2D eigenvalue weighted by Crippen LogP contribution is 2.36. The molecule has 0 amide bonds. The number of hydrogen-bond acceptors (Lipinski definition) is 3. The van der Waals surface area contributed by atoms with Crippen LogP contribution in [-0.4, -0.2) is 23.7 Å². The highest BCUT2D eigenvalue weighted by Gasteiger charge is 2.39. The van der Waals surface area contributed by atoms with Crippen molar-refractivity contribution >= 4 is 17.4 Å². The number of aromatic hydroxyl groups is 1. The van der Waals surface area contributed by atoms with E-state index in [0.29, 0.717) is 0 Å². The van der Waals surface area contributed by atoms with E-state index in [2.05, 4.69) is 0 Å². The maximum atomic E-state index is 12.2. The summed E-state index contributed by atoms with van der Waals surface area (Å²) in [7, 11) is 0. The number of hydrogen-bond donors (Lipinski definition) is 1. The maximum absolute atomic E-state index is 12.2. The molecular weight excluding hydrogens is 261 g/mol. The molecule has 0 aliphatic heterocycles. The zero-order valence-electron chi connectivity index (χ0n) is 8.64. The van der Waals surface area contributed by atoms with Crippen LogP contribution in [-0.2, 0) is 0 Å². The minimum absolute atomic E-state index is 0.119. The van der Waals surface area contributed by atoms with E-state index in [9.17, 15) is 23.1 Å². The lowest BCUT2D eigenvalue weighted by Crippen LogP contribution is -2.22. The molecule has 0 saturated heterocycles. The topological polar surface area (TPSA) is 46.5 Å². The van der Waals surface area contributed by atoms with Crippen LogP contribution in [0.4, 0.5) is 13.2 Å². The number of phenols is 1. The van der Waals surface area contributed by atoms with Gasteiger partial charge in [-0.25, -0.2) is 0 Å². The largest absolute Gasteiger partial charge is 0.503 e. The van der Waals surface area contributed by atoms with Gasteiger partial charge in [0.05, 0.1) is 11.6 Å². The summed E-state index contributed by atoms with van der Waals surface area (Å²) in [4.78, 5) is 11.0. The molecular formula is C10H8ClF3O3. The molecule has 0 aromatic heterocycles. The van der Waals surface area contributed by atoms with Gasteiger partial charge in [0.15, 0.2) is 11.5 Å². The number of phenolic OH excluding ortho intramolecular Hbond substituents is 1. The van der Waals surface area contributed by atoms with Crippen molar-refractivity contribution in [1.29, 1.82) is 0 Å². The van der Waals surface area contributed by atoms with Crippen LogP contribution in [0.5, 0.6) is 11.5 Å². The first-order valence-corrected chi connectivity index (χ1v) is 4.92. The highest BCUT2D eigenvalue weighted by atomic mass is 35.5. The molecule has 94 valence electrons. The molecule has 0 bridgehead atoms. The van der Waals surface area contributed by atoms with Gasteiger partial charge in [-0.15, -0.1) is 0 Å². The van der Waals surface area contributed by atoms with Crippen LogP contribution in [0.1, 0.15) is 17.3 Å². The van der Waals surface area contributed by atoms with E-state index in [4.69, 9.17) is 16.3 Å². The Hall–Kier alpha value is -1.43. The smallest absolute Gasteiger partial charge is 0.454 e. The van der Waals surface area contributed by atoms with Crippen molar-refractivity contribution in [3.63, 3.8) is 0 Å². The molecule has 1 rings (SSSR count). The maximum Gasteiger partial charge on any atom is 0.454 e. The second-order valence-corrected chi connectivity index (χ2v) is 3.47. The summed E-state index contributed by atoms with van der Waals surface area (Å²) in [6.45, 7) is 1.69. The molecule has 0 atom stereocenters. The first kappa shape index (κ1) is 13.6. The average Bonchev–Trinajstić information content (AvgIpc) is 2.22. The predicted molar refractivity (Wildman–Crippen MR) is 54.7 cm³/mol. The van der Waals surface area contributed by atoms with Crippen molar-refractivity contribution in [1.82, 2.24) is 0 Å². The Bertz CT molecular complexity index is 443. The number of benzene rings is 1. The Morgan fingerprint density at radius 1 is 1.47 bits per heavy atom. The Labute approximate surface area is 99.8 Å². The highest BCUT2D eigenvalue weighted by molar-refractivity contribution is 6.32. The molecule has 0 aliphatic carbocycles. The third-order valence-electron chi connectivity index (χ3n) is 1.85. The predicted octanol–water partition coefficient (Wildman–Crippen LogP) is 3.19. The summed E-state index contributed by atoms with van der Waals surface area (Å²) in [5, 5.41) is 9.02. The SMILES string of the molecule is CCOc1cc(C(=O)C(F)(F)F)cc(Cl)c1O. The molecule has 3 nitrogen and oxygen atoms in total. The standard InChI is InChI=1S/C10H8ClF3O3/c1-2-17-7-4-5(3-6(11)8(7)15)9(16)10(12,13)14/h3-4,15H,2H2,1H3. The molecule has 0 heterocycles. The van der Waals surface area contributed by atoms with E-state index in [0.717, 1.165) is 12.1 Å². The molecule has 0 spiro atoms. The molecule has 1 aromatic rings. The van der Waals surface area contributed by atoms with Crippen molar-refractivity contribution in [3.05, 3.63) is 22.7 Å². The van der Waals surface area contributed by atoms with Crippen LogP contribution in [0.2, 0.25) is 5.02 Å². The monoisotopic (exact) mass is 268 g/mol. The van der Waals surface area contributed by atoms with Gasteiger partial charge in [-0.3, -0.25) is 4.79 Å². The van der Waals surface area contributed by atoms with Gasteiger partial charge in [-0.1, -0.05) is 11.6 Å². The summed E-state index contributed by atoms with van der Waals surface area (Å²) >= 11 is 5.50. The molecule has 0 saturated carbocycles. The zero-order valence-corrected chi connectivity index (χ0v) is 9.39. The van der Waals surface area contributed by atoms with Crippen molar-refractivity contribution in [2.75, 3.05) is 6.61 Å². The van der Waals surface area contributed by atoms with Gasteiger partial charge in [0.25, 0.3) is 5.78 Å². The van der Waals surface area contributed by atoms with E-state index in [-0.39, 0.29) is 17.4 Å². The Morgan fingerprint density at radius 3 is 2.53 bits per heavy atom. The Morgan fingerprint density at radius 2 is 2.06 bits per heavy atom. The normalized spacial score (nSPS) is 11.4. The number of alkyl halides is 3. The van der Waals surface area contributed by atoms with Crippen LogP contribution in [0.25, 0.3) is 0 Å². The van der Waals surface area contributed by atoms with E-state index < -0.39 is 23.3 Å². The average molecular weight is 269 g/mol. The molecule has 17 heavy (non-hydrogen) atoms. The molecule has 7 heteroatoms. The quantitative estimate of drug-likeness (QED) is 0.857. The van der Waals surface area contributed by atoms with Gasteiger partial charge in [-0.2, -0.15) is 13.2 Å². The molecule has 0 aliphatic rings. The van der Waals surface area contributed by atoms with E-state index in [1.54, 1.807) is 6.92 Å². The number of Topliss-reactive ketones (excluding diaryl/α,β-unsaturated/α-hetero) is 1. The number of halogens is 4. The molecule has 0 unspecified atom stereocenters. The van der Waals surface area contributed by atoms with Crippen LogP contribution in [0.15, 0.2) is 12.1 Å². The summed E-state index contributed by atoms with van der Waals surface area (Å²) in [6, 6.07) is 1.55. The zero-order chi connectivity index (χ0) is 13.2. The van der Waals surface area contributed by atoms with Gasteiger partial charge in [0, 0.05) is 5.56 Å².